The number of amides is 2. The lowest BCUT2D eigenvalue weighted by atomic mass is 10.2. The van der Waals surface area contributed by atoms with Gasteiger partial charge in [-0.1, -0.05) is 6.92 Å². The highest BCUT2D eigenvalue weighted by Gasteiger charge is 2.08. The van der Waals surface area contributed by atoms with Gasteiger partial charge in [0.15, 0.2) is 0 Å². The van der Waals surface area contributed by atoms with Gasteiger partial charge in [-0.2, -0.15) is 0 Å². The Morgan fingerprint density at radius 3 is 2.65 bits per heavy atom. The van der Waals surface area contributed by atoms with Crippen LogP contribution in [0.25, 0.3) is 0 Å². The average molecular weight is 333 g/mol. The third kappa shape index (κ3) is 5.71. The molecule has 6 nitrogen and oxygen atoms in total. The average Bonchev–Trinajstić information content (AvgIpc) is 3.10. The summed E-state index contributed by atoms with van der Waals surface area (Å²) in [5, 5.41) is 7.20. The van der Waals surface area contributed by atoms with E-state index in [-0.39, 0.29) is 18.4 Å². The predicted molar refractivity (Wildman–Crippen MR) is 88.5 cm³/mol. The van der Waals surface area contributed by atoms with Crippen LogP contribution in [0, 0.1) is 0 Å². The van der Waals surface area contributed by atoms with Gasteiger partial charge in [0, 0.05) is 17.5 Å². The van der Waals surface area contributed by atoms with Crippen LogP contribution in [0.1, 0.15) is 29.4 Å². The molecule has 0 saturated heterocycles. The van der Waals surface area contributed by atoms with E-state index < -0.39 is 0 Å². The second-order valence-electron chi connectivity index (χ2n) is 4.83. The molecule has 1 aromatic heterocycles. The van der Waals surface area contributed by atoms with Gasteiger partial charge in [-0.05, 0) is 30.7 Å². The van der Waals surface area contributed by atoms with Crippen molar-refractivity contribution in [3.8, 4) is 5.75 Å². The maximum absolute atomic E-state index is 11.9. The number of carbonyl (C=O) groups is 2. The fraction of sp³-hybridized carbons (Fsp3) is 0.312. The zero-order chi connectivity index (χ0) is 16.5. The van der Waals surface area contributed by atoms with Crippen LogP contribution in [0.15, 0.2) is 35.2 Å². The van der Waals surface area contributed by atoms with E-state index in [1.807, 2.05) is 12.3 Å². The van der Waals surface area contributed by atoms with E-state index in [0.717, 1.165) is 12.1 Å². The standard InChI is InChI=1S/C16H19N3O3S/c1-2-7-17-15(20)8-18-16(21)12-3-5-14(6-4-12)22-9-13-10-23-11-19-13/h3-6,10-11H,2,7-9H2,1H3,(H,17,20)(H,18,21). The number of rotatable bonds is 8. The van der Waals surface area contributed by atoms with Gasteiger partial charge in [0.2, 0.25) is 5.91 Å². The number of nitrogens with zero attached hydrogens (tertiary/aromatic N) is 1. The van der Waals surface area contributed by atoms with Gasteiger partial charge < -0.3 is 15.4 Å². The van der Waals surface area contributed by atoms with E-state index in [1.54, 1.807) is 29.8 Å². The number of ether oxygens (including phenoxy) is 1. The Hall–Kier alpha value is -2.41. The lowest BCUT2D eigenvalue weighted by molar-refractivity contribution is -0.120. The molecule has 1 heterocycles. The van der Waals surface area contributed by atoms with Gasteiger partial charge in [0.25, 0.3) is 5.91 Å². The lowest BCUT2D eigenvalue weighted by Crippen LogP contribution is -2.37. The number of hydrogen-bond donors (Lipinski definition) is 2. The third-order valence-corrected chi connectivity index (χ3v) is 3.60. The Kier molecular flexibility index (Phi) is 6.56. The molecule has 23 heavy (non-hydrogen) atoms. The first-order valence-corrected chi connectivity index (χ1v) is 8.28. The maximum Gasteiger partial charge on any atom is 0.251 e. The second-order valence-corrected chi connectivity index (χ2v) is 5.54. The molecule has 1 aromatic carbocycles. The molecule has 0 saturated carbocycles. The molecule has 2 amide bonds. The molecule has 0 atom stereocenters. The molecule has 7 heteroatoms. The Morgan fingerprint density at radius 1 is 1.22 bits per heavy atom. The van der Waals surface area contributed by atoms with Crippen molar-refractivity contribution in [3.63, 3.8) is 0 Å². The summed E-state index contributed by atoms with van der Waals surface area (Å²) in [4.78, 5) is 27.5. The summed E-state index contributed by atoms with van der Waals surface area (Å²) in [6, 6.07) is 6.77. The van der Waals surface area contributed by atoms with Crippen molar-refractivity contribution in [1.29, 1.82) is 0 Å². The first-order valence-electron chi connectivity index (χ1n) is 7.34. The van der Waals surface area contributed by atoms with Gasteiger partial charge >= 0.3 is 0 Å². The van der Waals surface area contributed by atoms with E-state index >= 15 is 0 Å². The van der Waals surface area contributed by atoms with Crippen molar-refractivity contribution < 1.29 is 14.3 Å². The summed E-state index contributed by atoms with van der Waals surface area (Å²) in [7, 11) is 0. The largest absolute Gasteiger partial charge is 0.487 e. The van der Waals surface area contributed by atoms with Crippen molar-refractivity contribution in [2.24, 2.45) is 0 Å². The van der Waals surface area contributed by atoms with Crippen molar-refractivity contribution in [2.45, 2.75) is 20.0 Å². The minimum absolute atomic E-state index is 0.0269. The van der Waals surface area contributed by atoms with E-state index in [9.17, 15) is 9.59 Å². The van der Waals surface area contributed by atoms with Gasteiger partial charge in [-0.15, -0.1) is 11.3 Å². The number of nitrogens with one attached hydrogen (secondary N) is 2. The summed E-state index contributed by atoms with van der Waals surface area (Å²) in [5.41, 5.74) is 3.10. The molecule has 0 unspecified atom stereocenters. The smallest absolute Gasteiger partial charge is 0.251 e. The van der Waals surface area contributed by atoms with Crippen molar-refractivity contribution in [3.05, 3.63) is 46.4 Å². The monoisotopic (exact) mass is 333 g/mol. The molecule has 2 aromatic rings. The Labute approximate surface area is 138 Å². The fourth-order valence-corrected chi connectivity index (χ4v) is 2.30. The Balaban J connectivity index is 1.79. The zero-order valence-electron chi connectivity index (χ0n) is 12.9. The molecule has 0 radical (unpaired) electrons. The van der Waals surface area contributed by atoms with Crippen LogP contribution in [-0.4, -0.2) is 29.9 Å². The molecule has 122 valence electrons. The lowest BCUT2D eigenvalue weighted by Gasteiger charge is -2.07. The fourth-order valence-electron chi connectivity index (χ4n) is 1.76. The number of aromatic nitrogens is 1. The van der Waals surface area contributed by atoms with Crippen LogP contribution in [0.3, 0.4) is 0 Å². The number of carbonyl (C=O) groups excluding carboxylic acids is 2. The SMILES string of the molecule is CCCNC(=O)CNC(=O)c1ccc(OCc2cscn2)cc1. The minimum atomic E-state index is -0.289. The number of benzene rings is 1. The molecule has 0 aliphatic heterocycles. The molecular formula is C16H19N3O3S. The minimum Gasteiger partial charge on any atom is -0.487 e. The summed E-state index contributed by atoms with van der Waals surface area (Å²) < 4.78 is 5.58. The van der Waals surface area contributed by atoms with Crippen molar-refractivity contribution in [2.75, 3.05) is 13.1 Å². The van der Waals surface area contributed by atoms with Crippen LogP contribution < -0.4 is 15.4 Å². The number of thiazole rings is 1. The maximum atomic E-state index is 11.9. The third-order valence-electron chi connectivity index (χ3n) is 2.97. The molecule has 0 aliphatic rings. The van der Waals surface area contributed by atoms with Gasteiger partial charge in [-0.3, -0.25) is 9.59 Å². The topological polar surface area (TPSA) is 80.3 Å². The van der Waals surface area contributed by atoms with Crippen molar-refractivity contribution in [1.82, 2.24) is 15.6 Å². The van der Waals surface area contributed by atoms with E-state index in [0.29, 0.717) is 24.5 Å². The van der Waals surface area contributed by atoms with E-state index in [1.165, 1.54) is 11.3 Å². The summed E-state index contributed by atoms with van der Waals surface area (Å²) >= 11 is 1.52. The summed E-state index contributed by atoms with van der Waals surface area (Å²) in [5.74, 6) is 0.182. The van der Waals surface area contributed by atoms with Crippen LogP contribution in [0.5, 0.6) is 5.75 Å². The molecule has 0 spiro atoms. The van der Waals surface area contributed by atoms with Crippen LogP contribution >= 0.6 is 11.3 Å². The first kappa shape index (κ1) is 17.0. The van der Waals surface area contributed by atoms with Crippen LogP contribution in [0.4, 0.5) is 0 Å². The molecule has 0 bridgehead atoms. The predicted octanol–water partition coefficient (Wildman–Crippen LogP) is 1.98. The molecule has 0 fully saturated rings. The van der Waals surface area contributed by atoms with Crippen LogP contribution in [0.2, 0.25) is 0 Å². The highest BCUT2D eigenvalue weighted by Crippen LogP contribution is 2.14. The molecule has 2 N–H and O–H groups in total. The van der Waals surface area contributed by atoms with E-state index in [2.05, 4.69) is 15.6 Å². The molecule has 2 rings (SSSR count). The van der Waals surface area contributed by atoms with Gasteiger partial charge in [-0.25, -0.2) is 4.98 Å². The second kappa shape index (κ2) is 8.89. The van der Waals surface area contributed by atoms with E-state index in [4.69, 9.17) is 4.74 Å². The summed E-state index contributed by atoms with van der Waals surface area (Å²) in [6.07, 6.45) is 0.863. The first-order chi connectivity index (χ1) is 11.2. The quantitative estimate of drug-likeness (QED) is 0.774. The van der Waals surface area contributed by atoms with Crippen LogP contribution in [-0.2, 0) is 11.4 Å². The van der Waals surface area contributed by atoms with Crippen molar-refractivity contribution >= 4 is 23.2 Å². The normalized spacial score (nSPS) is 10.1. The Morgan fingerprint density at radius 2 is 2.00 bits per heavy atom. The summed E-state index contributed by atoms with van der Waals surface area (Å²) in [6.45, 7) is 2.95. The highest BCUT2D eigenvalue weighted by molar-refractivity contribution is 7.07. The van der Waals surface area contributed by atoms with Gasteiger partial charge in [0.05, 0.1) is 17.7 Å². The molecular weight excluding hydrogens is 314 g/mol. The highest BCUT2D eigenvalue weighted by atomic mass is 32.1. The molecule has 0 aliphatic carbocycles. The zero-order valence-corrected chi connectivity index (χ0v) is 13.7. The Bertz CT molecular complexity index is 627. The number of hydrogen-bond acceptors (Lipinski definition) is 5. The van der Waals surface area contributed by atoms with Gasteiger partial charge in [0.1, 0.15) is 12.4 Å².